The molecular weight excluding hydrogens is 280 g/mol. The SMILES string of the molecule is CCCCOc1ccc(C(=O)N/N=C/c2ccc(C)o2)cc1. The first-order chi connectivity index (χ1) is 10.7. The molecule has 0 bridgehead atoms. The topological polar surface area (TPSA) is 63.8 Å². The number of aryl methyl sites for hydroxylation is 1. The number of furan rings is 1. The summed E-state index contributed by atoms with van der Waals surface area (Å²) in [6, 6.07) is 10.6. The number of nitrogens with one attached hydrogen (secondary N) is 1. The van der Waals surface area contributed by atoms with Crippen molar-refractivity contribution in [3.8, 4) is 5.75 Å². The van der Waals surface area contributed by atoms with E-state index in [4.69, 9.17) is 9.15 Å². The van der Waals surface area contributed by atoms with E-state index in [2.05, 4.69) is 17.5 Å². The number of unbranched alkanes of at least 4 members (excludes halogenated alkanes) is 1. The zero-order valence-corrected chi connectivity index (χ0v) is 12.8. The van der Waals surface area contributed by atoms with Gasteiger partial charge in [-0.3, -0.25) is 4.79 Å². The molecule has 116 valence electrons. The molecule has 1 aromatic carbocycles. The van der Waals surface area contributed by atoms with Gasteiger partial charge in [-0.2, -0.15) is 5.10 Å². The molecular formula is C17H20N2O3. The Morgan fingerprint density at radius 2 is 2.05 bits per heavy atom. The summed E-state index contributed by atoms with van der Waals surface area (Å²) in [5.74, 6) is 1.88. The van der Waals surface area contributed by atoms with Gasteiger partial charge in [0.25, 0.3) is 5.91 Å². The van der Waals surface area contributed by atoms with Crippen LogP contribution in [-0.2, 0) is 0 Å². The van der Waals surface area contributed by atoms with E-state index in [1.165, 1.54) is 6.21 Å². The Bertz CT molecular complexity index is 630. The molecule has 0 spiro atoms. The Kier molecular flexibility index (Phi) is 5.77. The van der Waals surface area contributed by atoms with Crippen molar-refractivity contribution >= 4 is 12.1 Å². The van der Waals surface area contributed by atoms with Crippen LogP contribution in [0.4, 0.5) is 0 Å². The highest BCUT2D eigenvalue weighted by Crippen LogP contribution is 2.12. The molecule has 0 aliphatic carbocycles. The summed E-state index contributed by atoms with van der Waals surface area (Å²) in [6.45, 7) is 4.65. The summed E-state index contributed by atoms with van der Waals surface area (Å²) in [6.07, 6.45) is 3.57. The number of amides is 1. The fourth-order valence-corrected chi connectivity index (χ4v) is 1.78. The van der Waals surface area contributed by atoms with Crippen molar-refractivity contribution in [1.82, 2.24) is 5.43 Å². The van der Waals surface area contributed by atoms with Crippen LogP contribution in [0.1, 0.15) is 41.6 Å². The lowest BCUT2D eigenvalue weighted by atomic mass is 10.2. The highest BCUT2D eigenvalue weighted by Gasteiger charge is 2.04. The molecule has 0 atom stereocenters. The lowest BCUT2D eigenvalue weighted by molar-refractivity contribution is 0.0955. The van der Waals surface area contributed by atoms with Crippen molar-refractivity contribution in [2.75, 3.05) is 6.61 Å². The number of hydrogen-bond donors (Lipinski definition) is 1. The molecule has 1 heterocycles. The smallest absolute Gasteiger partial charge is 0.271 e. The van der Waals surface area contributed by atoms with Gasteiger partial charge in [0.05, 0.1) is 12.8 Å². The third-order valence-electron chi connectivity index (χ3n) is 3.00. The number of carbonyl (C=O) groups is 1. The Balaban J connectivity index is 1.85. The highest BCUT2D eigenvalue weighted by atomic mass is 16.5. The number of carbonyl (C=O) groups excluding carboxylic acids is 1. The summed E-state index contributed by atoms with van der Waals surface area (Å²) in [5.41, 5.74) is 2.98. The molecule has 2 aromatic rings. The fraction of sp³-hybridized carbons (Fsp3) is 0.294. The molecule has 0 aliphatic rings. The van der Waals surface area contributed by atoms with Crippen LogP contribution in [-0.4, -0.2) is 18.7 Å². The largest absolute Gasteiger partial charge is 0.494 e. The molecule has 5 nitrogen and oxygen atoms in total. The molecule has 5 heteroatoms. The number of ether oxygens (including phenoxy) is 1. The summed E-state index contributed by atoms with van der Waals surface area (Å²) in [7, 11) is 0. The van der Waals surface area contributed by atoms with E-state index in [9.17, 15) is 4.79 Å². The summed E-state index contributed by atoms with van der Waals surface area (Å²) in [5, 5.41) is 3.86. The van der Waals surface area contributed by atoms with Crippen molar-refractivity contribution in [2.45, 2.75) is 26.7 Å². The Labute approximate surface area is 130 Å². The van der Waals surface area contributed by atoms with Crippen LogP contribution < -0.4 is 10.2 Å². The van der Waals surface area contributed by atoms with Crippen LogP contribution in [0.3, 0.4) is 0 Å². The lowest BCUT2D eigenvalue weighted by Crippen LogP contribution is -2.17. The molecule has 0 unspecified atom stereocenters. The molecule has 0 aliphatic heterocycles. The van der Waals surface area contributed by atoms with Crippen molar-refractivity contribution in [2.24, 2.45) is 5.10 Å². The van der Waals surface area contributed by atoms with E-state index in [1.807, 2.05) is 13.0 Å². The maximum atomic E-state index is 11.9. The number of hydrogen-bond acceptors (Lipinski definition) is 4. The second kappa shape index (κ2) is 8.02. The van der Waals surface area contributed by atoms with Crippen molar-refractivity contribution in [3.63, 3.8) is 0 Å². The molecule has 0 fully saturated rings. The molecule has 2 rings (SSSR count). The van der Waals surface area contributed by atoms with Gasteiger partial charge < -0.3 is 9.15 Å². The minimum Gasteiger partial charge on any atom is -0.494 e. The van der Waals surface area contributed by atoms with Gasteiger partial charge in [-0.25, -0.2) is 5.43 Å². The third kappa shape index (κ3) is 4.77. The van der Waals surface area contributed by atoms with E-state index >= 15 is 0 Å². The highest BCUT2D eigenvalue weighted by molar-refractivity contribution is 5.94. The van der Waals surface area contributed by atoms with E-state index in [-0.39, 0.29) is 5.91 Å². The van der Waals surface area contributed by atoms with Gasteiger partial charge in [-0.1, -0.05) is 13.3 Å². The number of benzene rings is 1. The van der Waals surface area contributed by atoms with Gasteiger partial charge in [-0.15, -0.1) is 0 Å². The molecule has 1 amide bonds. The van der Waals surface area contributed by atoms with Gasteiger partial charge in [0, 0.05) is 5.56 Å². The maximum absolute atomic E-state index is 11.9. The van der Waals surface area contributed by atoms with Crippen LogP contribution in [0.2, 0.25) is 0 Å². The normalized spacial score (nSPS) is 10.8. The second-order valence-electron chi connectivity index (χ2n) is 4.87. The zero-order valence-electron chi connectivity index (χ0n) is 12.8. The molecule has 0 radical (unpaired) electrons. The minimum atomic E-state index is -0.278. The van der Waals surface area contributed by atoms with Crippen LogP contribution >= 0.6 is 0 Å². The molecule has 22 heavy (non-hydrogen) atoms. The summed E-state index contributed by atoms with van der Waals surface area (Å²) < 4.78 is 10.9. The van der Waals surface area contributed by atoms with Gasteiger partial charge in [0.2, 0.25) is 0 Å². The minimum absolute atomic E-state index is 0.278. The summed E-state index contributed by atoms with van der Waals surface area (Å²) >= 11 is 0. The van der Waals surface area contributed by atoms with E-state index in [0.717, 1.165) is 24.4 Å². The van der Waals surface area contributed by atoms with Gasteiger partial charge >= 0.3 is 0 Å². The van der Waals surface area contributed by atoms with E-state index in [0.29, 0.717) is 17.9 Å². The fourth-order valence-electron chi connectivity index (χ4n) is 1.78. The average Bonchev–Trinajstić information content (AvgIpc) is 2.93. The quantitative estimate of drug-likeness (QED) is 0.483. The van der Waals surface area contributed by atoms with E-state index < -0.39 is 0 Å². The third-order valence-corrected chi connectivity index (χ3v) is 3.00. The molecule has 1 aromatic heterocycles. The van der Waals surface area contributed by atoms with Crippen molar-refractivity contribution in [1.29, 1.82) is 0 Å². The second-order valence-corrected chi connectivity index (χ2v) is 4.87. The van der Waals surface area contributed by atoms with Crippen molar-refractivity contribution in [3.05, 3.63) is 53.5 Å². The molecule has 0 saturated carbocycles. The Morgan fingerprint density at radius 1 is 1.27 bits per heavy atom. The predicted molar refractivity (Wildman–Crippen MR) is 85.4 cm³/mol. The van der Waals surface area contributed by atoms with Gasteiger partial charge in [-0.05, 0) is 49.7 Å². The first kappa shape index (κ1) is 15.8. The lowest BCUT2D eigenvalue weighted by Gasteiger charge is -2.05. The van der Waals surface area contributed by atoms with E-state index in [1.54, 1.807) is 30.3 Å². The Hall–Kier alpha value is -2.56. The zero-order chi connectivity index (χ0) is 15.8. The van der Waals surface area contributed by atoms with Crippen LogP contribution in [0.25, 0.3) is 0 Å². The number of nitrogens with zero attached hydrogens (tertiary/aromatic N) is 1. The average molecular weight is 300 g/mol. The standard InChI is InChI=1S/C17H20N2O3/c1-3-4-11-21-15-9-6-14(7-10-15)17(20)19-18-12-16-8-5-13(2)22-16/h5-10,12H,3-4,11H2,1-2H3,(H,19,20)/b18-12+. The predicted octanol–water partition coefficient (Wildman–Crippen LogP) is 3.53. The van der Waals surface area contributed by atoms with Crippen LogP contribution in [0, 0.1) is 6.92 Å². The first-order valence-corrected chi connectivity index (χ1v) is 7.31. The van der Waals surface area contributed by atoms with Crippen molar-refractivity contribution < 1.29 is 13.9 Å². The monoisotopic (exact) mass is 300 g/mol. The van der Waals surface area contributed by atoms with Crippen LogP contribution in [0.15, 0.2) is 45.9 Å². The Morgan fingerprint density at radius 3 is 2.68 bits per heavy atom. The number of rotatable bonds is 7. The number of hydrazone groups is 1. The molecule has 1 N–H and O–H groups in total. The van der Waals surface area contributed by atoms with Crippen LogP contribution in [0.5, 0.6) is 5.75 Å². The van der Waals surface area contributed by atoms with Gasteiger partial charge in [0.15, 0.2) is 0 Å². The first-order valence-electron chi connectivity index (χ1n) is 7.31. The summed E-state index contributed by atoms with van der Waals surface area (Å²) in [4.78, 5) is 11.9. The molecule has 0 saturated heterocycles. The maximum Gasteiger partial charge on any atom is 0.271 e. The van der Waals surface area contributed by atoms with Gasteiger partial charge in [0.1, 0.15) is 17.3 Å².